The summed E-state index contributed by atoms with van der Waals surface area (Å²) >= 11 is 0. The third-order valence-corrected chi connectivity index (χ3v) is 5.42. The number of para-hydroxylation sites is 2. The van der Waals surface area contributed by atoms with Gasteiger partial charge in [0, 0.05) is 36.6 Å². The van der Waals surface area contributed by atoms with Crippen LogP contribution < -0.4 is 10.6 Å². The fourth-order valence-corrected chi connectivity index (χ4v) is 3.77. The minimum atomic E-state index is 0.201. The van der Waals surface area contributed by atoms with Gasteiger partial charge in [0.2, 0.25) is 5.95 Å². The summed E-state index contributed by atoms with van der Waals surface area (Å²) in [6.45, 7) is 2.96. The first-order valence-corrected chi connectivity index (χ1v) is 10.3. The molecule has 0 saturated carbocycles. The van der Waals surface area contributed by atoms with Crippen molar-refractivity contribution in [2.75, 3.05) is 26.0 Å². The molecule has 1 unspecified atom stereocenters. The molecular formula is C24H29N5O2. The van der Waals surface area contributed by atoms with Gasteiger partial charge in [0.25, 0.3) is 0 Å². The van der Waals surface area contributed by atoms with Crippen LogP contribution in [-0.2, 0) is 7.05 Å². The second-order valence-corrected chi connectivity index (χ2v) is 7.47. The number of hydrogen-bond donors (Lipinski definition) is 2. The number of carbonyl (C=O) groups excluding carboxylic acids is 2. The first kappa shape index (κ1) is 22.2. The third kappa shape index (κ3) is 4.67. The van der Waals surface area contributed by atoms with Crippen LogP contribution in [0.4, 0.5) is 5.95 Å². The van der Waals surface area contributed by atoms with Gasteiger partial charge in [-0.25, -0.2) is 4.98 Å². The lowest BCUT2D eigenvalue weighted by molar-refractivity contribution is 0.111. The minimum absolute atomic E-state index is 0.201. The van der Waals surface area contributed by atoms with Crippen LogP contribution in [-0.4, -0.2) is 47.3 Å². The van der Waals surface area contributed by atoms with E-state index in [9.17, 15) is 9.59 Å². The van der Waals surface area contributed by atoms with Gasteiger partial charge in [-0.3, -0.25) is 9.59 Å². The van der Waals surface area contributed by atoms with E-state index in [2.05, 4.69) is 28.6 Å². The summed E-state index contributed by atoms with van der Waals surface area (Å²) in [6.07, 6.45) is 2.62. The van der Waals surface area contributed by atoms with Crippen molar-refractivity contribution in [1.29, 1.82) is 0 Å². The van der Waals surface area contributed by atoms with E-state index in [1.54, 1.807) is 6.07 Å². The number of aromatic nitrogens is 3. The Hall–Kier alpha value is -3.45. The first-order chi connectivity index (χ1) is 15.0. The molecule has 0 radical (unpaired) electrons. The first-order valence-electron chi connectivity index (χ1n) is 10.3. The quantitative estimate of drug-likeness (QED) is 0.442. The summed E-state index contributed by atoms with van der Waals surface area (Å²) in [6, 6.07) is 15.6. The van der Waals surface area contributed by atoms with E-state index >= 15 is 0 Å². The Labute approximate surface area is 182 Å². The standard InChI is InChI=1S/C15H18N2O2.C9H11N3/c1-11(5-6-16-2)17-14(10-19)8-13-4-3-12(9-18)7-15(13)17;1-10-9-11-7-5-3-4-6-8(7)12(9)2/h3-4,7-11,16H,5-6H2,1-2H3;3-6H,1-2H3,(H,10,11). The molecule has 0 amide bonds. The molecule has 2 aromatic heterocycles. The Bertz CT molecular complexity index is 1190. The van der Waals surface area contributed by atoms with Crippen LogP contribution in [0.3, 0.4) is 0 Å². The lowest BCUT2D eigenvalue weighted by Gasteiger charge is -2.17. The average molecular weight is 420 g/mol. The van der Waals surface area contributed by atoms with E-state index < -0.39 is 0 Å². The predicted octanol–water partition coefficient (Wildman–Crippen LogP) is 4.05. The van der Waals surface area contributed by atoms with Gasteiger partial charge < -0.3 is 19.8 Å². The number of benzene rings is 2. The molecule has 162 valence electrons. The van der Waals surface area contributed by atoms with Crippen molar-refractivity contribution in [3.63, 3.8) is 0 Å². The zero-order valence-corrected chi connectivity index (χ0v) is 18.4. The molecule has 4 aromatic rings. The van der Waals surface area contributed by atoms with E-state index in [-0.39, 0.29) is 6.04 Å². The van der Waals surface area contributed by atoms with Gasteiger partial charge in [0.1, 0.15) is 6.29 Å². The number of carbonyl (C=O) groups is 2. The lowest BCUT2D eigenvalue weighted by atomic mass is 10.1. The highest BCUT2D eigenvalue weighted by molar-refractivity contribution is 5.92. The van der Waals surface area contributed by atoms with Gasteiger partial charge >= 0.3 is 0 Å². The monoisotopic (exact) mass is 419 g/mol. The Balaban J connectivity index is 0.000000194. The topological polar surface area (TPSA) is 81.0 Å². The zero-order valence-electron chi connectivity index (χ0n) is 18.4. The van der Waals surface area contributed by atoms with Gasteiger partial charge in [-0.15, -0.1) is 0 Å². The van der Waals surface area contributed by atoms with Crippen LogP contribution in [0, 0.1) is 0 Å². The molecule has 7 heteroatoms. The maximum atomic E-state index is 11.2. The summed E-state index contributed by atoms with van der Waals surface area (Å²) in [5, 5.41) is 7.14. The summed E-state index contributed by atoms with van der Waals surface area (Å²) in [4.78, 5) is 26.5. The number of nitrogens with one attached hydrogen (secondary N) is 2. The van der Waals surface area contributed by atoms with Crippen molar-refractivity contribution >= 4 is 40.5 Å². The minimum Gasteiger partial charge on any atom is -0.359 e. The SMILES string of the molecule is CNCCC(C)n1c(C=O)cc2ccc(C=O)cc21.CNc1nc2ccccc2n1C. The summed E-state index contributed by atoms with van der Waals surface area (Å²) < 4.78 is 4.04. The van der Waals surface area contributed by atoms with Gasteiger partial charge in [0.15, 0.2) is 6.29 Å². The number of nitrogens with zero attached hydrogens (tertiary/aromatic N) is 3. The molecule has 0 saturated heterocycles. The Morgan fingerprint density at radius 2 is 1.81 bits per heavy atom. The maximum absolute atomic E-state index is 11.2. The molecule has 0 fully saturated rings. The summed E-state index contributed by atoms with van der Waals surface area (Å²) in [5.41, 5.74) is 4.41. The van der Waals surface area contributed by atoms with E-state index in [1.165, 1.54) is 0 Å². The fraction of sp³-hybridized carbons (Fsp3) is 0.292. The predicted molar refractivity (Wildman–Crippen MR) is 126 cm³/mol. The molecule has 0 aliphatic carbocycles. The van der Waals surface area contributed by atoms with Crippen LogP contribution in [0.2, 0.25) is 0 Å². The average Bonchev–Trinajstić information content (AvgIpc) is 3.34. The molecule has 2 aromatic carbocycles. The van der Waals surface area contributed by atoms with Crippen molar-refractivity contribution < 1.29 is 9.59 Å². The van der Waals surface area contributed by atoms with E-state index in [4.69, 9.17) is 0 Å². The van der Waals surface area contributed by atoms with Crippen molar-refractivity contribution in [3.8, 4) is 0 Å². The maximum Gasteiger partial charge on any atom is 0.203 e. The van der Waals surface area contributed by atoms with E-state index in [0.29, 0.717) is 11.3 Å². The van der Waals surface area contributed by atoms with Crippen molar-refractivity contribution in [1.82, 2.24) is 19.4 Å². The highest BCUT2D eigenvalue weighted by Crippen LogP contribution is 2.25. The largest absolute Gasteiger partial charge is 0.359 e. The van der Waals surface area contributed by atoms with Crippen LogP contribution in [0.5, 0.6) is 0 Å². The fourth-order valence-electron chi connectivity index (χ4n) is 3.77. The Morgan fingerprint density at radius 3 is 2.45 bits per heavy atom. The second-order valence-electron chi connectivity index (χ2n) is 7.47. The molecular weight excluding hydrogens is 390 g/mol. The van der Waals surface area contributed by atoms with Gasteiger partial charge in [-0.1, -0.05) is 24.3 Å². The molecule has 2 heterocycles. The smallest absolute Gasteiger partial charge is 0.203 e. The zero-order chi connectivity index (χ0) is 22.4. The number of aldehydes is 2. The highest BCUT2D eigenvalue weighted by atomic mass is 16.1. The molecule has 0 aliphatic heterocycles. The Kier molecular flexibility index (Phi) is 7.20. The van der Waals surface area contributed by atoms with Crippen LogP contribution in [0.15, 0.2) is 48.5 Å². The third-order valence-electron chi connectivity index (χ3n) is 5.42. The van der Waals surface area contributed by atoms with Crippen molar-refractivity contribution in [2.24, 2.45) is 7.05 Å². The van der Waals surface area contributed by atoms with Crippen LogP contribution in [0.25, 0.3) is 21.9 Å². The number of imidazole rings is 1. The van der Waals surface area contributed by atoms with Crippen molar-refractivity contribution in [2.45, 2.75) is 19.4 Å². The molecule has 31 heavy (non-hydrogen) atoms. The van der Waals surface area contributed by atoms with Gasteiger partial charge in [-0.05, 0) is 51.2 Å². The normalized spacial score (nSPS) is 11.7. The lowest BCUT2D eigenvalue weighted by Crippen LogP contribution is -2.15. The van der Waals surface area contributed by atoms with Crippen LogP contribution in [0.1, 0.15) is 40.2 Å². The highest BCUT2D eigenvalue weighted by Gasteiger charge is 2.14. The van der Waals surface area contributed by atoms with Crippen LogP contribution >= 0.6 is 0 Å². The molecule has 0 spiro atoms. The summed E-state index contributed by atoms with van der Waals surface area (Å²) in [5.74, 6) is 0.899. The van der Waals surface area contributed by atoms with Gasteiger partial charge in [0.05, 0.1) is 16.7 Å². The summed E-state index contributed by atoms with van der Waals surface area (Å²) in [7, 11) is 5.79. The number of rotatable bonds is 7. The molecule has 0 aliphatic rings. The second kappa shape index (κ2) is 10.0. The molecule has 7 nitrogen and oxygen atoms in total. The van der Waals surface area contributed by atoms with E-state index in [1.807, 2.05) is 66.7 Å². The number of fused-ring (bicyclic) bond motifs is 2. The molecule has 0 bridgehead atoms. The Morgan fingerprint density at radius 1 is 1.03 bits per heavy atom. The molecule has 1 atom stereocenters. The molecule has 4 rings (SSSR count). The number of aryl methyl sites for hydroxylation is 1. The molecule has 2 N–H and O–H groups in total. The number of anilines is 1. The number of hydrogen-bond acceptors (Lipinski definition) is 5. The van der Waals surface area contributed by atoms with Crippen molar-refractivity contribution in [3.05, 3.63) is 59.8 Å². The van der Waals surface area contributed by atoms with E-state index in [0.717, 1.165) is 53.4 Å². The van der Waals surface area contributed by atoms with Gasteiger partial charge in [-0.2, -0.15) is 0 Å².